The van der Waals surface area contributed by atoms with Gasteiger partial charge in [0.15, 0.2) is 11.5 Å². The molecule has 1 aromatic heterocycles. The number of phenols is 1. The van der Waals surface area contributed by atoms with Gasteiger partial charge in [-0.3, -0.25) is 4.79 Å². The molecule has 154 valence electrons. The van der Waals surface area contributed by atoms with Crippen LogP contribution < -0.4 is 10.2 Å². The van der Waals surface area contributed by atoms with Crippen LogP contribution >= 0.6 is 0 Å². The summed E-state index contributed by atoms with van der Waals surface area (Å²) in [5.74, 6) is 0.0842. The van der Waals surface area contributed by atoms with Gasteiger partial charge in [0, 0.05) is 10.9 Å². The van der Waals surface area contributed by atoms with E-state index in [1.807, 2.05) is 61.5 Å². The van der Waals surface area contributed by atoms with Gasteiger partial charge in [0.1, 0.15) is 0 Å². The second-order valence-corrected chi connectivity index (χ2v) is 6.80. The lowest BCUT2D eigenvalue weighted by atomic mass is 10.0. The maximum absolute atomic E-state index is 12.9. The number of ether oxygens (including phenoxy) is 1. The summed E-state index contributed by atoms with van der Waals surface area (Å²) >= 11 is 0. The van der Waals surface area contributed by atoms with Crippen LogP contribution in [0.1, 0.15) is 22.8 Å². The first-order chi connectivity index (χ1) is 15.2. The van der Waals surface area contributed by atoms with Crippen LogP contribution in [0.5, 0.6) is 11.5 Å². The number of pyridine rings is 1. The number of amides is 1. The fraction of sp³-hybridized carbons (Fsp3) is 0.0800. The number of carbonyl (C=O) groups excluding carboxylic acids is 1. The lowest BCUT2D eigenvalue weighted by molar-refractivity contribution is 0.0956. The number of hydrazone groups is 1. The minimum absolute atomic E-state index is 0.0553. The van der Waals surface area contributed by atoms with Gasteiger partial charge in [-0.05, 0) is 42.8 Å². The Morgan fingerprint density at radius 3 is 2.65 bits per heavy atom. The fourth-order valence-corrected chi connectivity index (χ4v) is 3.23. The molecule has 0 spiro atoms. The molecule has 2 N–H and O–H groups in total. The van der Waals surface area contributed by atoms with Crippen molar-refractivity contribution in [2.75, 3.05) is 6.61 Å². The van der Waals surface area contributed by atoms with Crippen LogP contribution in [0, 0.1) is 0 Å². The van der Waals surface area contributed by atoms with E-state index < -0.39 is 0 Å². The van der Waals surface area contributed by atoms with Gasteiger partial charge >= 0.3 is 0 Å². The maximum atomic E-state index is 12.9. The number of para-hydroxylation sites is 1. The van der Waals surface area contributed by atoms with E-state index in [2.05, 4.69) is 10.5 Å². The molecule has 31 heavy (non-hydrogen) atoms. The molecule has 3 aromatic carbocycles. The van der Waals surface area contributed by atoms with Crippen LogP contribution in [-0.4, -0.2) is 28.8 Å². The maximum Gasteiger partial charge on any atom is 0.272 e. The highest BCUT2D eigenvalue weighted by Crippen LogP contribution is 2.26. The summed E-state index contributed by atoms with van der Waals surface area (Å²) in [6, 6.07) is 23.9. The molecule has 0 radical (unpaired) electrons. The number of aromatic nitrogens is 1. The summed E-state index contributed by atoms with van der Waals surface area (Å²) < 4.78 is 5.37. The summed E-state index contributed by atoms with van der Waals surface area (Å²) in [5.41, 5.74) is 6.14. The molecule has 1 amide bonds. The Hall–Kier alpha value is -4.19. The topological polar surface area (TPSA) is 83.8 Å². The summed E-state index contributed by atoms with van der Waals surface area (Å²) in [6.45, 7) is 2.27. The van der Waals surface area contributed by atoms with Crippen molar-refractivity contribution >= 4 is 23.0 Å². The van der Waals surface area contributed by atoms with E-state index in [0.29, 0.717) is 29.2 Å². The van der Waals surface area contributed by atoms with Gasteiger partial charge in [-0.25, -0.2) is 10.4 Å². The molecule has 0 aliphatic rings. The number of nitrogens with one attached hydrogen (secondary N) is 1. The van der Waals surface area contributed by atoms with E-state index in [9.17, 15) is 9.90 Å². The minimum Gasteiger partial charge on any atom is -0.504 e. The number of rotatable bonds is 6. The van der Waals surface area contributed by atoms with Crippen molar-refractivity contribution in [1.82, 2.24) is 10.4 Å². The third-order valence-corrected chi connectivity index (χ3v) is 4.69. The van der Waals surface area contributed by atoms with E-state index >= 15 is 0 Å². The first-order valence-electron chi connectivity index (χ1n) is 9.90. The zero-order chi connectivity index (χ0) is 21.6. The Kier molecular flexibility index (Phi) is 5.89. The number of fused-ring (bicyclic) bond motifs is 1. The number of hydrogen-bond acceptors (Lipinski definition) is 5. The number of phenolic OH excluding ortho intramolecular Hbond substituents is 1. The van der Waals surface area contributed by atoms with Crippen molar-refractivity contribution in [2.45, 2.75) is 6.92 Å². The Morgan fingerprint density at radius 2 is 1.84 bits per heavy atom. The van der Waals surface area contributed by atoms with E-state index in [0.717, 1.165) is 16.5 Å². The van der Waals surface area contributed by atoms with Crippen molar-refractivity contribution in [2.24, 2.45) is 5.10 Å². The molecule has 0 unspecified atom stereocenters. The molecule has 6 heteroatoms. The van der Waals surface area contributed by atoms with Gasteiger partial charge in [0.25, 0.3) is 5.91 Å². The lowest BCUT2D eigenvalue weighted by Gasteiger charge is -2.09. The van der Waals surface area contributed by atoms with Crippen molar-refractivity contribution in [1.29, 1.82) is 0 Å². The highest BCUT2D eigenvalue weighted by molar-refractivity contribution is 6.07. The van der Waals surface area contributed by atoms with Gasteiger partial charge in [-0.15, -0.1) is 0 Å². The molecule has 0 aliphatic carbocycles. The zero-order valence-corrected chi connectivity index (χ0v) is 16.9. The number of carbonyl (C=O) groups is 1. The summed E-state index contributed by atoms with van der Waals surface area (Å²) in [5, 5.41) is 14.6. The van der Waals surface area contributed by atoms with Crippen molar-refractivity contribution in [3.05, 3.63) is 90.0 Å². The first-order valence-corrected chi connectivity index (χ1v) is 9.90. The molecular weight excluding hydrogens is 390 g/mol. The Morgan fingerprint density at radius 1 is 1.06 bits per heavy atom. The van der Waals surface area contributed by atoms with Crippen molar-refractivity contribution in [3.8, 4) is 22.8 Å². The molecule has 0 bridgehead atoms. The third kappa shape index (κ3) is 4.53. The monoisotopic (exact) mass is 411 g/mol. The predicted molar refractivity (Wildman–Crippen MR) is 122 cm³/mol. The quantitative estimate of drug-likeness (QED) is 0.354. The van der Waals surface area contributed by atoms with Crippen LogP contribution in [0.25, 0.3) is 22.2 Å². The second-order valence-electron chi connectivity index (χ2n) is 6.80. The number of benzene rings is 3. The van der Waals surface area contributed by atoms with Gasteiger partial charge in [-0.2, -0.15) is 5.10 Å². The van der Waals surface area contributed by atoms with Crippen LogP contribution in [-0.2, 0) is 0 Å². The zero-order valence-electron chi connectivity index (χ0n) is 16.9. The van der Waals surface area contributed by atoms with Crippen molar-refractivity contribution in [3.63, 3.8) is 0 Å². The minimum atomic E-state index is -0.337. The van der Waals surface area contributed by atoms with Crippen LogP contribution in [0.2, 0.25) is 0 Å². The molecule has 1 heterocycles. The Bertz CT molecular complexity index is 1250. The van der Waals surface area contributed by atoms with Crippen molar-refractivity contribution < 1.29 is 14.6 Å². The van der Waals surface area contributed by atoms with E-state index in [4.69, 9.17) is 9.72 Å². The van der Waals surface area contributed by atoms with E-state index in [1.165, 1.54) is 12.3 Å². The Labute approximate surface area is 179 Å². The first kappa shape index (κ1) is 20.1. The molecule has 0 fully saturated rings. The van der Waals surface area contributed by atoms with Gasteiger partial charge in [-0.1, -0.05) is 48.5 Å². The SMILES string of the molecule is CCOc1cc(C=NNC(=O)c2cc(-c3ccccc3)nc3ccccc23)ccc1O. The van der Waals surface area contributed by atoms with Crippen LogP contribution in [0.3, 0.4) is 0 Å². The molecule has 0 aliphatic heterocycles. The van der Waals surface area contributed by atoms with Gasteiger partial charge < -0.3 is 9.84 Å². The largest absolute Gasteiger partial charge is 0.504 e. The van der Waals surface area contributed by atoms with Crippen LogP contribution in [0.4, 0.5) is 0 Å². The molecule has 4 aromatic rings. The predicted octanol–water partition coefficient (Wildman–Crippen LogP) is 4.77. The smallest absolute Gasteiger partial charge is 0.272 e. The standard InChI is InChI=1S/C25H21N3O3/c1-2-31-24-14-17(12-13-23(24)29)16-26-28-25(30)20-15-22(18-8-4-3-5-9-18)27-21-11-7-6-10-19(20)21/h3-16,29H,2H2,1H3,(H,28,30). The molecule has 6 nitrogen and oxygen atoms in total. The third-order valence-electron chi connectivity index (χ3n) is 4.69. The number of hydrogen-bond donors (Lipinski definition) is 2. The fourth-order valence-electron chi connectivity index (χ4n) is 3.23. The van der Waals surface area contributed by atoms with E-state index in [1.54, 1.807) is 18.2 Å². The summed E-state index contributed by atoms with van der Waals surface area (Å²) in [6.07, 6.45) is 1.50. The Balaban J connectivity index is 1.62. The summed E-state index contributed by atoms with van der Waals surface area (Å²) in [4.78, 5) is 17.6. The highest BCUT2D eigenvalue weighted by Gasteiger charge is 2.13. The summed E-state index contributed by atoms with van der Waals surface area (Å²) in [7, 11) is 0. The molecular formula is C25H21N3O3. The lowest BCUT2D eigenvalue weighted by Crippen LogP contribution is -2.18. The molecule has 0 saturated carbocycles. The van der Waals surface area contributed by atoms with Gasteiger partial charge in [0.05, 0.1) is 29.6 Å². The molecule has 0 atom stereocenters. The van der Waals surface area contributed by atoms with E-state index in [-0.39, 0.29) is 11.7 Å². The number of nitrogens with zero attached hydrogens (tertiary/aromatic N) is 2. The molecule has 0 saturated heterocycles. The highest BCUT2D eigenvalue weighted by atomic mass is 16.5. The normalized spacial score (nSPS) is 11.0. The van der Waals surface area contributed by atoms with Gasteiger partial charge in [0.2, 0.25) is 0 Å². The number of aromatic hydroxyl groups is 1. The second kappa shape index (κ2) is 9.09. The average Bonchev–Trinajstić information content (AvgIpc) is 2.81. The average molecular weight is 411 g/mol. The van der Waals surface area contributed by atoms with Crippen LogP contribution in [0.15, 0.2) is 84.0 Å². The molecule has 4 rings (SSSR count).